The van der Waals surface area contributed by atoms with Crippen LogP contribution in [0.3, 0.4) is 0 Å². The number of hydrogen-bond acceptors (Lipinski definition) is 3. The summed E-state index contributed by atoms with van der Waals surface area (Å²) >= 11 is 0. The van der Waals surface area contributed by atoms with E-state index < -0.39 is 0 Å². The highest BCUT2D eigenvalue weighted by molar-refractivity contribution is 5.77. The summed E-state index contributed by atoms with van der Waals surface area (Å²) < 4.78 is 0. The molecule has 0 radical (unpaired) electrons. The van der Waals surface area contributed by atoms with Crippen LogP contribution in [0.2, 0.25) is 0 Å². The molecule has 2 fully saturated rings. The van der Waals surface area contributed by atoms with Gasteiger partial charge in [0.05, 0.1) is 6.54 Å². The monoisotopic (exact) mass is 329 g/mol. The summed E-state index contributed by atoms with van der Waals surface area (Å²) in [5, 5.41) is 3.10. The fraction of sp³-hybridized carbons (Fsp3) is 0.632. The Kier molecular flexibility index (Phi) is 5.96. The summed E-state index contributed by atoms with van der Waals surface area (Å²) in [4.78, 5) is 9.50. The summed E-state index contributed by atoms with van der Waals surface area (Å²) in [6.45, 7) is 9.61. The Morgan fingerprint density at radius 2 is 1.88 bits per heavy atom. The summed E-state index contributed by atoms with van der Waals surface area (Å²) in [6.07, 6.45) is 3.95. The molecule has 0 spiro atoms. The van der Waals surface area contributed by atoms with E-state index in [2.05, 4.69) is 51.3 Å². The van der Waals surface area contributed by atoms with Crippen LogP contribution in [0.5, 0.6) is 0 Å². The van der Waals surface area contributed by atoms with Crippen LogP contribution >= 0.6 is 0 Å². The van der Waals surface area contributed by atoms with Crippen molar-refractivity contribution >= 4 is 11.6 Å². The molecule has 5 heteroatoms. The van der Waals surface area contributed by atoms with Gasteiger partial charge in [0, 0.05) is 45.0 Å². The molecule has 3 N–H and O–H groups in total. The van der Waals surface area contributed by atoms with Crippen LogP contribution in [0, 0.1) is 5.92 Å². The summed E-state index contributed by atoms with van der Waals surface area (Å²) in [7, 11) is 0. The molecule has 2 aliphatic rings. The number of benzene rings is 1. The van der Waals surface area contributed by atoms with E-state index in [4.69, 9.17) is 5.73 Å². The van der Waals surface area contributed by atoms with Crippen LogP contribution in [-0.4, -0.2) is 50.1 Å². The molecule has 1 aliphatic carbocycles. The lowest BCUT2D eigenvalue weighted by Gasteiger charge is -2.36. The minimum absolute atomic E-state index is 0.535. The zero-order valence-electron chi connectivity index (χ0n) is 14.9. The highest BCUT2D eigenvalue weighted by atomic mass is 15.3. The lowest BCUT2D eigenvalue weighted by atomic mass is 10.1. The SMILES string of the molecule is CCCNC(N)=NCc1ccc(N2CCN(CC3CC3)CC2)cc1. The van der Waals surface area contributed by atoms with E-state index in [1.807, 2.05) is 0 Å². The predicted octanol–water partition coefficient (Wildman–Crippen LogP) is 2.03. The number of piperazine rings is 1. The molecule has 0 unspecified atom stereocenters. The molecule has 5 nitrogen and oxygen atoms in total. The summed E-state index contributed by atoms with van der Waals surface area (Å²) in [5.74, 6) is 1.53. The second kappa shape index (κ2) is 8.38. The smallest absolute Gasteiger partial charge is 0.188 e. The quantitative estimate of drug-likeness (QED) is 0.594. The van der Waals surface area contributed by atoms with Gasteiger partial charge in [0.25, 0.3) is 0 Å². The maximum absolute atomic E-state index is 5.83. The summed E-state index contributed by atoms with van der Waals surface area (Å²) in [6, 6.07) is 8.78. The van der Waals surface area contributed by atoms with E-state index in [0.29, 0.717) is 12.5 Å². The Balaban J connectivity index is 1.46. The van der Waals surface area contributed by atoms with Gasteiger partial charge in [-0.3, -0.25) is 4.90 Å². The van der Waals surface area contributed by atoms with Gasteiger partial charge in [0.1, 0.15) is 0 Å². The van der Waals surface area contributed by atoms with Gasteiger partial charge in [-0.25, -0.2) is 4.99 Å². The van der Waals surface area contributed by atoms with E-state index in [9.17, 15) is 0 Å². The molecular formula is C19H31N5. The molecule has 132 valence electrons. The number of aliphatic imine (C=N–C) groups is 1. The van der Waals surface area contributed by atoms with Crippen molar-refractivity contribution in [1.29, 1.82) is 0 Å². The number of nitrogens with two attached hydrogens (primary N) is 1. The van der Waals surface area contributed by atoms with Crippen molar-refractivity contribution in [2.45, 2.75) is 32.7 Å². The standard InChI is InChI=1S/C19H31N5/c1-2-9-21-19(20)22-14-16-5-7-18(8-6-16)24-12-10-23(11-13-24)15-17-3-4-17/h5-8,17H,2-4,9-15H2,1H3,(H3,20,21,22). The molecular weight excluding hydrogens is 298 g/mol. The van der Waals surface area contributed by atoms with E-state index in [0.717, 1.165) is 32.0 Å². The third kappa shape index (κ3) is 5.13. The Labute approximate surface area is 145 Å². The number of hydrogen-bond donors (Lipinski definition) is 2. The Morgan fingerprint density at radius 3 is 2.50 bits per heavy atom. The van der Waals surface area contributed by atoms with Crippen molar-refractivity contribution < 1.29 is 0 Å². The van der Waals surface area contributed by atoms with Gasteiger partial charge in [0.2, 0.25) is 0 Å². The Hall–Kier alpha value is -1.75. The van der Waals surface area contributed by atoms with Gasteiger partial charge in [-0.2, -0.15) is 0 Å². The van der Waals surface area contributed by atoms with Gasteiger partial charge in [0.15, 0.2) is 5.96 Å². The van der Waals surface area contributed by atoms with Crippen molar-refractivity contribution in [3.63, 3.8) is 0 Å². The van der Waals surface area contributed by atoms with E-state index in [1.165, 1.54) is 43.7 Å². The predicted molar refractivity (Wildman–Crippen MR) is 101 cm³/mol. The van der Waals surface area contributed by atoms with Crippen molar-refractivity contribution in [2.75, 3.05) is 44.2 Å². The van der Waals surface area contributed by atoms with E-state index in [-0.39, 0.29) is 0 Å². The van der Waals surface area contributed by atoms with Gasteiger partial charge >= 0.3 is 0 Å². The molecule has 24 heavy (non-hydrogen) atoms. The first-order valence-electron chi connectivity index (χ1n) is 9.34. The molecule has 1 aliphatic heterocycles. The molecule has 3 rings (SSSR count). The van der Waals surface area contributed by atoms with E-state index in [1.54, 1.807) is 0 Å². The first-order chi connectivity index (χ1) is 11.7. The molecule has 0 atom stereocenters. The molecule has 1 saturated carbocycles. The molecule has 0 amide bonds. The molecule has 0 bridgehead atoms. The summed E-state index contributed by atoms with van der Waals surface area (Å²) in [5.41, 5.74) is 8.36. The van der Waals surface area contributed by atoms with Gasteiger partial charge in [-0.05, 0) is 42.9 Å². The van der Waals surface area contributed by atoms with Gasteiger partial charge in [-0.1, -0.05) is 19.1 Å². The Bertz CT molecular complexity index is 527. The van der Waals surface area contributed by atoms with Crippen LogP contribution in [0.4, 0.5) is 5.69 Å². The van der Waals surface area contributed by atoms with Crippen molar-refractivity contribution in [2.24, 2.45) is 16.6 Å². The average Bonchev–Trinajstić information content (AvgIpc) is 3.43. The Morgan fingerprint density at radius 1 is 1.17 bits per heavy atom. The lowest BCUT2D eigenvalue weighted by molar-refractivity contribution is 0.248. The zero-order valence-corrected chi connectivity index (χ0v) is 14.9. The second-order valence-electron chi connectivity index (χ2n) is 7.03. The van der Waals surface area contributed by atoms with Crippen molar-refractivity contribution in [1.82, 2.24) is 10.2 Å². The van der Waals surface area contributed by atoms with Crippen LogP contribution in [-0.2, 0) is 6.54 Å². The highest BCUT2D eigenvalue weighted by Crippen LogP contribution is 2.30. The van der Waals surface area contributed by atoms with Crippen molar-refractivity contribution in [3.8, 4) is 0 Å². The highest BCUT2D eigenvalue weighted by Gasteiger charge is 2.26. The normalized spacial score (nSPS) is 19.5. The largest absolute Gasteiger partial charge is 0.370 e. The van der Waals surface area contributed by atoms with Gasteiger partial charge < -0.3 is 16.0 Å². The fourth-order valence-corrected chi connectivity index (χ4v) is 3.15. The van der Waals surface area contributed by atoms with Crippen LogP contribution in [0.1, 0.15) is 31.7 Å². The molecule has 1 heterocycles. The zero-order chi connectivity index (χ0) is 16.8. The second-order valence-corrected chi connectivity index (χ2v) is 7.03. The topological polar surface area (TPSA) is 56.9 Å². The number of nitrogens with one attached hydrogen (secondary N) is 1. The minimum atomic E-state index is 0.535. The fourth-order valence-electron chi connectivity index (χ4n) is 3.15. The van der Waals surface area contributed by atoms with Crippen LogP contribution < -0.4 is 16.0 Å². The molecule has 0 aromatic heterocycles. The maximum atomic E-state index is 5.83. The number of anilines is 1. The maximum Gasteiger partial charge on any atom is 0.188 e. The van der Waals surface area contributed by atoms with Gasteiger partial charge in [-0.15, -0.1) is 0 Å². The minimum Gasteiger partial charge on any atom is -0.370 e. The third-order valence-electron chi connectivity index (χ3n) is 4.88. The molecule has 1 aromatic rings. The first kappa shape index (κ1) is 17.1. The first-order valence-corrected chi connectivity index (χ1v) is 9.34. The van der Waals surface area contributed by atoms with Crippen LogP contribution in [0.25, 0.3) is 0 Å². The van der Waals surface area contributed by atoms with Crippen molar-refractivity contribution in [3.05, 3.63) is 29.8 Å². The van der Waals surface area contributed by atoms with Crippen LogP contribution in [0.15, 0.2) is 29.3 Å². The lowest BCUT2D eigenvalue weighted by Crippen LogP contribution is -2.47. The number of guanidine groups is 1. The average molecular weight is 329 g/mol. The third-order valence-corrected chi connectivity index (χ3v) is 4.88. The number of nitrogens with zero attached hydrogens (tertiary/aromatic N) is 3. The number of rotatable bonds is 7. The molecule has 1 saturated heterocycles. The van der Waals surface area contributed by atoms with E-state index >= 15 is 0 Å². The molecule has 1 aromatic carbocycles.